The molecule has 0 fully saturated rings. The average molecular weight is 286 g/mol. The van der Waals surface area contributed by atoms with E-state index in [1.807, 2.05) is 49.4 Å². The van der Waals surface area contributed by atoms with Crippen molar-refractivity contribution in [2.75, 3.05) is 13.2 Å². The van der Waals surface area contributed by atoms with E-state index in [4.69, 9.17) is 14.6 Å². The van der Waals surface area contributed by atoms with Crippen LogP contribution in [0, 0.1) is 0 Å². The van der Waals surface area contributed by atoms with E-state index < -0.39 is 6.16 Å². The Bertz CT molecular complexity index is 580. The second kappa shape index (κ2) is 7.45. The molecular weight excluding hydrogens is 268 g/mol. The van der Waals surface area contributed by atoms with Gasteiger partial charge in [-0.25, -0.2) is 4.79 Å². The SMILES string of the molecule is CCOCC(c1ccccc1)c1ccccc1OC(=O)O. The van der Waals surface area contributed by atoms with Gasteiger partial charge in [-0.15, -0.1) is 0 Å². The standard InChI is InChI=1S/C17H18O4/c1-2-20-12-15(13-8-4-3-5-9-13)14-10-6-7-11-16(14)21-17(18)19/h3-11,15H,2,12H2,1H3,(H,18,19). The van der Waals surface area contributed by atoms with Crippen LogP contribution in [0.5, 0.6) is 5.75 Å². The highest BCUT2D eigenvalue weighted by atomic mass is 16.7. The van der Waals surface area contributed by atoms with Gasteiger partial charge in [-0.3, -0.25) is 0 Å². The van der Waals surface area contributed by atoms with Crippen LogP contribution in [-0.2, 0) is 4.74 Å². The molecule has 0 radical (unpaired) electrons. The van der Waals surface area contributed by atoms with Crippen LogP contribution in [0.3, 0.4) is 0 Å². The van der Waals surface area contributed by atoms with E-state index in [0.29, 0.717) is 19.0 Å². The molecule has 2 aromatic rings. The minimum atomic E-state index is -1.31. The van der Waals surface area contributed by atoms with Gasteiger partial charge < -0.3 is 14.6 Å². The monoisotopic (exact) mass is 286 g/mol. The summed E-state index contributed by atoms with van der Waals surface area (Å²) in [5.41, 5.74) is 1.87. The van der Waals surface area contributed by atoms with E-state index in [9.17, 15) is 4.79 Å². The molecule has 0 saturated carbocycles. The number of carboxylic acid groups (broad SMARTS) is 1. The molecule has 1 N–H and O–H groups in total. The lowest BCUT2D eigenvalue weighted by molar-refractivity contribution is 0.135. The minimum Gasteiger partial charge on any atom is -0.449 e. The highest BCUT2D eigenvalue weighted by Crippen LogP contribution is 2.32. The molecule has 0 saturated heterocycles. The summed E-state index contributed by atoms with van der Waals surface area (Å²) in [6.45, 7) is 3.01. The van der Waals surface area contributed by atoms with E-state index in [1.165, 1.54) is 0 Å². The van der Waals surface area contributed by atoms with Crippen molar-refractivity contribution in [2.45, 2.75) is 12.8 Å². The maximum atomic E-state index is 10.8. The van der Waals surface area contributed by atoms with Gasteiger partial charge in [0.15, 0.2) is 0 Å². The minimum absolute atomic E-state index is 0.0679. The van der Waals surface area contributed by atoms with Crippen LogP contribution in [0.25, 0.3) is 0 Å². The Morgan fingerprint density at radius 2 is 1.76 bits per heavy atom. The van der Waals surface area contributed by atoms with Crippen molar-refractivity contribution in [1.82, 2.24) is 0 Å². The van der Waals surface area contributed by atoms with Crippen LogP contribution < -0.4 is 4.74 Å². The highest BCUT2D eigenvalue weighted by Gasteiger charge is 2.19. The molecule has 2 aromatic carbocycles. The maximum Gasteiger partial charge on any atom is 0.511 e. The quantitative estimate of drug-likeness (QED) is 0.646. The fourth-order valence-electron chi connectivity index (χ4n) is 2.24. The van der Waals surface area contributed by atoms with Crippen molar-refractivity contribution < 1.29 is 19.4 Å². The van der Waals surface area contributed by atoms with Gasteiger partial charge in [-0.2, -0.15) is 0 Å². The molecule has 0 aliphatic heterocycles. The zero-order chi connectivity index (χ0) is 15.1. The zero-order valence-corrected chi connectivity index (χ0v) is 11.9. The third-order valence-corrected chi connectivity index (χ3v) is 3.18. The Kier molecular flexibility index (Phi) is 5.35. The summed E-state index contributed by atoms with van der Waals surface area (Å²) in [7, 11) is 0. The normalized spacial score (nSPS) is 11.9. The Labute approximate surface area is 123 Å². The van der Waals surface area contributed by atoms with Crippen LogP contribution in [-0.4, -0.2) is 24.5 Å². The van der Waals surface area contributed by atoms with E-state index in [2.05, 4.69) is 0 Å². The molecule has 0 bridgehead atoms. The molecule has 110 valence electrons. The molecule has 0 aliphatic rings. The van der Waals surface area contributed by atoms with Crippen molar-refractivity contribution in [2.24, 2.45) is 0 Å². The Morgan fingerprint density at radius 1 is 1.10 bits per heavy atom. The lowest BCUT2D eigenvalue weighted by atomic mass is 9.91. The van der Waals surface area contributed by atoms with E-state index in [-0.39, 0.29) is 5.92 Å². The number of hydrogen-bond donors (Lipinski definition) is 1. The lowest BCUT2D eigenvalue weighted by Gasteiger charge is -2.20. The smallest absolute Gasteiger partial charge is 0.449 e. The van der Waals surface area contributed by atoms with Gasteiger partial charge in [0.05, 0.1) is 6.61 Å². The molecule has 0 aromatic heterocycles. The molecule has 0 heterocycles. The van der Waals surface area contributed by atoms with E-state index in [1.54, 1.807) is 12.1 Å². The highest BCUT2D eigenvalue weighted by molar-refractivity contribution is 5.62. The summed E-state index contributed by atoms with van der Waals surface area (Å²) in [5, 5.41) is 8.87. The van der Waals surface area contributed by atoms with Crippen LogP contribution in [0.4, 0.5) is 4.79 Å². The number of benzene rings is 2. The topological polar surface area (TPSA) is 55.8 Å². The van der Waals surface area contributed by atoms with Gasteiger partial charge in [0.1, 0.15) is 5.75 Å². The first-order valence-corrected chi connectivity index (χ1v) is 6.84. The summed E-state index contributed by atoms with van der Waals surface area (Å²) in [6, 6.07) is 17.0. The summed E-state index contributed by atoms with van der Waals surface area (Å²) < 4.78 is 10.5. The van der Waals surface area contributed by atoms with E-state index in [0.717, 1.165) is 11.1 Å². The van der Waals surface area contributed by atoms with Gasteiger partial charge in [-0.05, 0) is 18.6 Å². The molecule has 0 spiro atoms. The molecule has 0 aliphatic carbocycles. The van der Waals surface area contributed by atoms with Crippen LogP contribution in [0.1, 0.15) is 24.0 Å². The van der Waals surface area contributed by atoms with E-state index >= 15 is 0 Å². The number of ether oxygens (including phenoxy) is 2. The molecule has 1 unspecified atom stereocenters. The van der Waals surface area contributed by atoms with Gasteiger partial charge in [-0.1, -0.05) is 48.5 Å². The number of carbonyl (C=O) groups is 1. The molecule has 0 amide bonds. The first-order valence-electron chi connectivity index (χ1n) is 6.84. The van der Waals surface area contributed by atoms with Crippen molar-refractivity contribution in [3.63, 3.8) is 0 Å². The fourth-order valence-corrected chi connectivity index (χ4v) is 2.24. The number of hydrogen-bond acceptors (Lipinski definition) is 3. The molecule has 1 atom stereocenters. The number of para-hydroxylation sites is 1. The predicted molar refractivity (Wildman–Crippen MR) is 79.9 cm³/mol. The van der Waals surface area contributed by atoms with Crippen LogP contribution in [0.15, 0.2) is 54.6 Å². The van der Waals surface area contributed by atoms with Crippen molar-refractivity contribution >= 4 is 6.16 Å². The van der Waals surface area contributed by atoms with Crippen molar-refractivity contribution in [3.05, 3.63) is 65.7 Å². The second-order valence-corrected chi connectivity index (χ2v) is 4.53. The summed E-state index contributed by atoms with van der Waals surface area (Å²) >= 11 is 0. The van der Waals surface area contributed by atoms with Gasteiger partial charge >= 0.3 is 6.16 Å². The van der Waals surface area contributed by atoms with Crippen molar-refractivity contribution in [3.8, 4) is 5.75 Å². The molecular formula is C17H18O4. The van der Waals surface area contributed by atoms with Crippen LogP contribution >= 0.6 is 0 Å². The summed E-state index contributed by atoms with van der Waals surface area (Å²) in [4.78, 5) is 10.8. The first-order chi connectivity index (χ1) is 10.2. The first kappa shape index (κ1) is 15.1. The average Bonchev–Trinajstić information content (AvgIpc) is 2.50. The zero-order valence-electron chi connectivity index (χ0n) is 11.9. The third kappa shape index (κ3) is 4.07. The molecule has 21 heavy (non-hydrogen) atoms. The lowest BCUT2D eigenvalue weighted by Crippen LogP contribution is -2.13. The molecule has 4 heteroatoms. The molecule has 4 nitrogen and oxygen atoms in total. The fraction of sp³-hybridized carbons (Fsp3) is 0.235. The summed E-state index contributed by atoms with van der Waals surface area (Å²) in [6.07, 6.45) is -1.31. The largest absolute Gasteiger partial charge is 0.511 e. The maximum absolute atomic E-state index is 10.8. The molecule has 2 rings (SSSR count). The Balaban J connectivity index is 2.39. The third-order valence-electron chi connectivity index (χ3n) is 3.18. The van der Waals surface area contributed by atoms with Gasteiger partial charge in [0.2, 0.25) is 0 Å². The van der Waals surface area contributed by atoms with Crippen LogP contribution in [0.2, 0.25) is 0 Å². The van der Waals surface area contributed by atoms with Gasteiger partial charge in [0.25, 0.3) is 0 Å². The Morgan fingerprint density at radius 3 is 2.43 bits per heavy atom. The van der Waals surface area contributed by atoms with Crippen molar-refractivity contribution in [1.29, 1.82) is 0 Å². The predicted octanol–water partition coefficient (Wildman–Crippen LogP) is 3.91. The second-order valence-electron chi connectivity index (χ2n) is 4.53. The van der Waals surface area contributed by atoms with Gasteiger partial charge in [0, 0.05) is 18.1 Å². The summed E-state index contributed by atoms with van der Waals surface area (Å²) in [5.74, 6) is 0.278. The Hall–Kier alpha value is -2.33. The number of rotatable bonds is 6.